The third kappa shape index (κ3) is 3.50. The zero-order valence-electron chi connectivity index (χ0n) is 10.4. The molecule has 106 valence electrons. The fourth-order valence-corrected chi connectivity index (χ4v) is 2.73. The van der Waals surface area contributed by atoms with Gasteiger partial charge in [-0.05, 0) is 36.8 Å². The van der Waals surface area contributed by atoms with Crippen LogP contribution in [-0.4, -0.2) is 0 Å². The highest BCUT2D eigenvalue weighted by molar-refractivity contribution is 6.44. The summed E-state index contributed by atoms with van der Waals surface area (Å²) in [6.07, 6.45) is 0. The molecule has 0 bridgehead atoms. The summed E-state index contributed by atoms with van der Waals surface area (Å²) >= 11 is 24.0. The van der Waals surface area contributed by atoms with E-state index in [1.165, 1.54) is 12.1 Å². The number of halogens is 5. The first kappa shape index (κ1) is 15.7. The van der Waals surface area contributed by atoms with Gasteiger partial charge in [0.2, 0.25) is 0 Å². The van der Waals surface area contributed by atoms with Gasteiger partial charge < -0.3 is 5.32 Å². The van der Waals surface area contributed by atoms with Crippen LogP contribution in [-0.2, 0) is 0 Å². The Morgan fingerprint density at radius 2 is 1.55 bits per heavy atom. The van der Waals surface area contributed by atoms with Gasteiger partial charge in [0, 0.05) is 5.02 Å². The highest BCUT2D eigenvalue weighted by Crippen LogP contribution is 2.35. The molecule has 0 saturated heterocycles. The van der Waals surface area contributed by atoms with Crippen LogP contribution in [0.2, 0.25) is 20.1 Å². The summed E-state index contributed by atoms with van der Waals surface area (Å²) in [5.74, 6) is -0.376. The van der Waals surface area contributed by atoms with Crippen molar-refractivity contribution in [2.45, 2.75) is 13.0 Å². The molecule has 0 fully saturated rings. The molecule has 1 nitrogen and oxygen atoms in total. The van der Waals surface area contributed by atoms with Gasteiger partial charge in [-0.2, -0.15) is 0 Å². The van der Waals surface area contributed by atoms with Crippen LogP contribution in [0.25, 0.3) is 0 Å². The van der Waals surface area contributed by atoms with Crippen LogP contribution < -0.4 is 5.32 Å². The number of hydrogen-bond acceptors (Lipinski definition) is 1. The standard InChI is InChI=1S/C14H10Cl4FN/c1-7(9-3-2-8(19)4-10(9)15)20-14-6-12(17)11(16)5-13(14)18/h2-7,20H,1H3. The summed E-state index contributed by atoms with van der Waals surface area (Å²) < 4.78 is 13.0. The van der Waals surface area contributed by atoms with E-state index in [0.717, 1.165) is 5.56 Å². The van der Waals surface area contributed by atoms with E-state index < -0.39 is 0 Å². The van der Waals surface area contributed by atoms with Crippen LogP contribution in [0.3, 0.4) is 0 Å². The first-order chi connectivity index (χ1) is 9.38. The van der Waals surface area contributed by atoms with Gasteiger partial charge in [-0.15, -0.1) is 0 Å². The molecule has 2 rings (SSSR count). The van der Waals surface area contributed by atoms with Crippen LogP contribution in [0.1, 0.15) is 18.5 Å². The van der Waals surface area contributed by atoms with Gasteiger partial charge >= 0.3 is 0 Å². The number of anilines is 1. The lowest BCUT2D eigenvalue weighted by Gasteiger charge is -2.18. The lowest BCUT2D eigenvalue weighted by Crippen LogP contribution is -2.08. The zero-order valence-corrected chi connectivity index (χ0v) is 13.4. The topological polar surface area (TPSA) is 12.0 Å². The van der Waals surface area contributed by atoms with Crippen molar-refractivity contribution in [3.63, 3.8) is 0 Å². The maximum atomic E-state index is 13.0. The van der Waals surface area contributed by atoms with Crippen LogP contribution in [0.5, 0.6) is 0 Å². The molecule has 0 aliphatic rings. The number of rotatable bonds is 3. The van der Waals surface area contributed by atoms with Gasteiger partial charge in [0.25, 0.3) is 0 Å². The molecule has 1 unspecified atom stereocenters. The summed E-state index contributed by atoms with van der Waals surface area (Å²) in [6.45, 7) is 1.89. The molecule has 20 heavy (non-hydrogen) atoms. The highest BCUT2D eigenvalue weighted by Gasteiger charge is 2.13. The van der Waals surface area contributed by atoms with Gasteiger partial charge in [0.1, 0.15) is 5.82 Å². The summed E-state index contributed by atoms with van der Waals surface area (Å²) in [4.78, 5) is 0. The Kier molecular flexibility index (Phi) is 5.03. The summed E-state index contributed by atoms with van der Waals surface area (Å²) in [5.41, 5.74) is 1.39. The molecule has 0 aliphatic carbocycles. The van der Waals surface area contributed by atoms with E-state index in [9.17, 15) is 4.39 Å². The molecule has 0 radical (unpaired) electrons. The molecule has 2 aromatic rings. The van der Waals surface area contributed by atoms with Crippen LogP contribution in [0, 0.1) is 5.82 Å². The monoisotopic (exact) mass is 351 g/mol. The third-order valence-electron chi connectivity index (χ3n) is 2.81. The minimum atomic E-state index is -0.376. The zero-order chi connectivity index (χ0) is 14.9. The van der Waals surface area contributed by atoms with Gasteiger partial charge in [-0.1, -0.05) is 52.5 Å². The van der Waals surface area contributed by atoms with Crippen molar-refractivity contribution < 1.29 is 4.39 Å². The lowest BCUT2D eigenvalue weighted by molar-refractivity contribution is 0.626. The Hall–Kier alpha value is -0.670. The average Bonchev–Trinajstić information content (AvgIpc) is 2.35. The fraction of sp³-hybridized carbons (Fsp3) is 0.143. The molecule has 0 aliphatic heterocycles. The molecular formula is C14H10Cl4FN. The van der Waals surface area contributed by atoms with E-state index in [2.05, 4.69) is 5.32 Å². The van der Waals surface area contributed by atoms with Crippen LogP contribution in [0.4, 0.5) is 10.1 Å². The predicted octanol–water partition coefficient (Wildman–Crippen LogP) is 6.61. The number of benzene rings is 2. The SMILES string of the molecule is CC(Nc1cc(Cl)c(Cl)cc1Cl)c1ccc(F)cc1Cl. The second-order valence-corrected chi connectivity index (χ2v) is 5.91. The molecule has 0 amide bonds. The molecule has 0 heterocycles. The van der Waals surface area contributed by atoms with E-state index >= 15 is 0 Å². The Bertz CT molecular complexity index is 645. The maximum absolute atomic E-state index is 13.0. The van der Waals surface area contributed by atoms with E-state index in [1.807, 2.05) is 6.92 Å². The molecule has 6 heteroatoms. The van der Waals surface area contributed by atoms with E-state index in [1.54, 1.807) is 18.2 Å². The van der Waals surface area contributed by atoms with E-state index in [0.29, 0.717) is 25.8 Å². The Balaban J connectivity index is 2.27. The van der Waals surface area contributed by atoms with Gasteiger partial charge in [-0.25, -0.2) is 4.39 Å². The second-order valence-electron chi connectivity index (χ2n) is 4.28. The summed E-state index contributed by atoms with van der Waals surface area (Å²) in [7, 11) is 0. The van der Waals surface area contributed by atoms with Crippen molar-refractivity contribution in [3.05, 3.63) is 61.8 Å². The van der Waals surface area contributed by atoms with Gasteiger partial charge in [0.05, 0.1) is 26.8 Å². The molecule has 0 aromatic heterocycles. The second kappa shape index (κ2) is 6.40. The third-order valence-corrected chi connectivity index (χ3v) is 4.17. The highest BCUT2D eigenvalue weighted by atomic mass is 35.5. The summed E-state index contributed by atoms with van der Waals surface area (Å²) in [6, 6.07) is 7.28. The normalized spacial score (nSPS) is 12.3. The molecule has 2 aromatic carbocycles. The first-order valence-corrected chi connectivity index (χ1v) is 7.25. The predicted molar refractivity (Wildman–Crippen MR) is 84.9 cm³/mol. The first-order valence-electron chi connectivity index (χ1n) is 5.74. The van der Waals surface area contributed by atoms with Crippen molar-refractivity contribution >= 4 is 52.1 Å². The average molecular weight is 353 g/mol. The Morgan fingerprint density at radius 3 is 2.20 bits per heavy atom. The summed E-state index contributed by atoms with van der Waals surface area (Å²) in [5, 5.41) is 4.75. The number of hydrogen-bond donors (Lipinski definition) is 1. The van der Waals surface area contributed by atoms with Crippen molar-refractivity contribution in [1.29, 1.82) is 0 Å². The fourth-order valence-electron chi connectivity index (χ4n) is 1.80. The minimum absolute atomic E-state index is 0.169. The lowest BCUT2D eigenvalue weighted by atomic mass is 10.1. The largest absolute Gasteiger partial charge is 0.377 e. The molecule has 0 saturated carbocycles. The van der Waals surface area contributed by atoms with Crippen molar-refractivity contribution in [2.24, 2.45) is 0 Å². The van der Waals surface area contributed by atoms with Gasteiger partial charge in [-0.3, -0.25) is 0 Å². The van der Waals surface area contributed by atoms with Crippen LogP contribution in [0.15, 0.2) is 30.3 Å². The van der Waals surface area contributed by atoms with Crippen LogP contribution >= 0.6 is 46.4 Å². The van der Waals surface area contributed by atoms with Crippen molar-refractivity contribution in [1.82, 2.24) is 0 Å². The van der Waals surface area contributed by atoms with E-state index in [-0.39, 0.29) is 11.9 Å². The smallest absolute Gasteiger partial charge is 0.124 e. The molecule has 1 atom stereocenters. The van der Waals surface area contributed by atoms with Crippen molar-refractivity contribution in [2.75, 3.05) is 5.32 Å². The molecule has 0 spiro atoms. The van der Waals surface area contributed by atoms with Gasteiger partial charge in [0.15, 0.2) is 0 Å². The quantitative estimate of drug-likeness (QED) is 0.612. The maximum Gasteiger partial charge on any atom is 0.124 e. The molecule has 1 N–H and O–H groups in total. The van der Waals surface area contributed by atoms with Crippen molar-refractivity contribution in [3.8, 4) is 0 Å². The minimum Gasteiger partial charge on any atom is -0.377 e. The Labute approximate surface area is 136 Å². The number of nitrogens with one attached hydrogen (secondary N) is 1. The molecular weight excluding hydrogens is 343 g/mol. The Morgan fingerprint density at radius 1 is 0.900 bits per heavy atom. The van der Waals surface area contributed by atoms with E-state index in [4.69, 9.17) is 46.4 Å².